The maximum absolute atomic E-state index is 13.9. The number of hydrogen-bond donors (Lipinski definition) is 4. The molecule has 2 atom stereocenters. The number of rotatable bonds is 5. The van der Waals surface area contributed by atoms with Crippen molar-refractivity contribution in [1.29, 1.82) is 0 Å². The standard InChI is InChI=1S/C26H25ClN4O3.C2HF3O2/c27-18-10-9-16(14-28)17(13-18)15-30-24(32)22-8-4-12-31(22)25(33)26(34)21-7-2-1-5-19(21)20-6-3-11-29-23(20)26;3-2(4,5)1(6)7/h1-3,5-7,9-11,13,22,34H,4,8,12,14-15,28H2,(H,30,32);(H,6,7)/t22-,26?;/m0./s1. The van der Waals surface area contributed by atoms with Crippen molar-refractivity contribution in [3.63, 3.8) is 0 Å². The van der Waals surface area contributed by atoms with E-state index in [0.717, 1.165) is 22.3 Å². The highest BCUT2D eigenvalue weighted by molar-refractivity contribution is 6.30. The fourth-order valence-corrected chi connectivity index (χ4v) is 5.23. The second-order valence-corrected chi connectivity index (χ2v) is 9.89. The summed E-state index contributed by atoms with van der Waals surface area (Å²) in [6.45, 7) is 0.964. The molecular weight excluding hydrogens is 565 g/mol. The fourth-order valence-electron chi connectivity index (χ4n) is 5.04. The summed E-state index contributed by atoms with van der Waals surface area (Å²) < 4.78 is 31.7. The third-order valence-corrected chi connectivity index (χ3v) is 7.20. The third-order valence-electron chi connectivity index (χ3n) is 6.97. The number of hydrogen-bond acceptors (Lipinski definition) is 6. The Labute approximate surface area is 237 Å². The van der Waals surface area contributed by atoms with E-state index in [-0.39, 0.29) is 12.5 Å². The lowest BCUT2D eigenvalue weighted by Crippen LogP contribution is -2.53. The van der Waals surface area contributed by atoms with E-state index >= 15 is 0 Å². The van der Waals surface area contributed by atoms with E-state index in [1.165, 1.54) is 4.90 Å². The molecule has 2 aliphatic rings. The molecule has 41 heavy (non-hydrogen) atoms. The van der Waals surface area contributed by atoms with Crippen molar-refractivity contribution in [2.45, 2.75) is 43.8 Å². The van der Waals surface area contributed by atoms with E-state index in [4.69, 9.17) is 27.2 Å². The van der Waals surface area contributed by atoms with Crippen molar-refractivity contribution < 1.29 is 37.8 Å². The lowest BCUT2D eigenvalue weighted by atomic mass is 9.92. The zero-order chi connectivity index (χ0) is 29.9. The Kier molecular flexibility index (Phi) is 8.66. The lowest BCUT2D eigenvalue weighted by molar-refractivity contribution is -0.192. The van der Waals surface area contributed by atoms with E-state index in [1.54, 1.807) is 36.5 Å². The largest absolute Gasteiger partial charge is 0.490 e. The molecule has 1 fully saturated rings. The van der Waals surface area contributed by atoms with Gasteiger partial charge in [-0.1, -0.05) is 48.0 Å². The van der Waals surface area contributed by atoms with Gasteiger partial charge in [0.1, 0.15) is 6.04 Å². The Balaban J connectivity index is 0.000000493. The molecular formula is C28H26ClF3N4O5. The average Bonchev–Trinajstić information content (AvgIpc) is 3.54. The Hall–Kier alpha value is -4.00. The summed E-state index contributed by atoms with van der Waals surface area (Å²) in [4.78, 5) is 41.8. The van der Waals surface area contributed by atoms with Crippen molar-refractivity contribution >= 4 is 29.4 Å². The Bertz CT molecular complexity index is 1440. The number of nitrogens with two attached hydrogens (primary N) is 1. The number of aromatic nitrogens is 1. The van der Waals surface area contributed by atoms with Gasteiger partial charge in [0.15, 0.2) is 0 Å². The molecule has 2 heterocycles. The van der Waals surface area contributed by atoms with Gasteiger partial charge in [-0.15, -0.1) is 0 Å². The molecule has 13 heteroatoms. The molecule has 2 aromatic carbocycles. The molecule has 5 N–H and O–H groups in total. The van der Waals surface area contributed by atoms with Crippen LogP contribution in [0.15, 0.2) is 60.8 Å². The number of pyridine rings is 1. The minimum absolute atomic E-state index is 0.252. The third kappa shape index (κ3) is 5.90. The first kappa shape index (κ1) is 30.0. The highest BCUT2D eigenvalue weighted by atomic mass is 35.5. The molecule has 0 spiro atoms. The summed E-state index contributed by atoms with van der Waals surface area (Å²) in [5.41, 5.74) is 7.90. The van der Waals surface area contributed by atoms with Gasteiger partial charge in [0.25, 0.3) is 5.91 Å². The van der Waals surface area contributed by atoms with E-state index in [1.807, 2.05) is 24.3 Å². The summed E-state index contributed by atoms with van der Waals surface area (Å²) in [6, 6.07) is 15.6. The van der Waals surface area contributed by atoms with Gasteiger partial charge in [0.2, 0.25) is 11.5 Å². The zero-order valence-electron chi connectivity index (χ0n) is 21.5. The van der Waals surface area contributed by atoms with E-state index < -0.39 is 29.7 Å². The second kappa shape index (κ2) is 11.9. The first-order valence-corrected chi connectivity index (χ1v) is 12.9. The fraction of sp³-hybridized carbons (Fsp3) is 0.286. The predicted octanol–water partition coefficient (Wildman–Crippen LogP) is 3.35. The highest BCUT2D eigenvalue weighted by Crippen LogP contribution is 2.47. The number of carbonyl (C=O) groups is 3. The molecule has 1 unspecified atom stereocenters. The molecule has 0 saturated carbocycles. The topological polar surface area (TPSA) is 146 Å². The van der Waals surface area contributed by atoms with Crippen LogP contribution in [-0.4, -0.2) is 56.6 Å². The maximum atomic E-state index is 13.9. The van der Waals surface area contributed by atoms with E-state index in [0.29, 0.717) is 42.2 Å². The van der Waals surface area contributed by atoms with Crippen LogP contribution in [0.2, 0.25) is 5.02 Å². The molecule has 0 bridgehead atoms. The van der Waals surface area contributed by atoms with Gasteiger partial charge in [0, 0.05) is 42.0 Å². The number of carboxylic acids is 1. The first-order chi connectivity index (χ1) is 19.4. The number of fused-ring (bicyclic) bond motifs is 3. The number of amides is 2. The molecule has 1 aliphatic carbocycles. The predicted molar refractivity (Wildman–Crippen MR) is 142 cm³/mol. The number of alkyl halides is 3. The number of likely N-dealkylation sites (tertiary alicyclic amines) is 1. The van der Waals surface area contributed by atoms with Gasteiger partial charge in [-0.3, -0.25) is 14.6 Å². The van der Waals surface area contributed by atoms with Crippen LogP contribution in [-0.2, 0) is 33.1 Å². The number of halogens is 4. The monoisotopic (exact) mass is 590 g/mol. The van der Waals surface area contributed by atoms with Crippen LogP contribution in [0.5, 0.6) is 0 Å². The van der Waals surface area contributed by atoms with Crippen LogP contribution < -0.4 is 11.1 Å². The molecule has 1 aliphatic heterocycles. The lowest BCUT2D eigenvalue weighted by Gasteiger charge is -2.32. The minimum Gasteiger partial charge on any atom is -0.475 e. The number of aliphatic hydroxyl groups is 1. The number of benzene rings is 2. The van der Waals surface area contributed by atoms with Crippen LogP contribution in [0.3, 0.4) is 0 Å². The molecule has 5 rings (SSSR count). The SMILES string of the molecule is NCc1ccc(Cl)cc1CNC(=O)[C@@H]1CCCN1C(=O)C1(O)c2ccccc2-c2cccnc21.O=C(O)C(F)(F)F. The number of carboxylic acid groups (broad SMARTS) is 1. The van der Waals surface area contributed by atoms with Crippen molar-refractivity contribution in [3.05, 3.63) is 88.2 Å². The number of aliphatic carboxylic acids is 1. The van der Waals surface area contributed by atoms with Crippen LogP contribution in [0, 0.1) is 0 Å². The van der Waals surface area contributed by atoms with Gasteiger partial charge in [0.05, 0.1) is 5.69 Å². The average molecular weight is 591 g/mol. The van der Waals surface area contributed by atoms with Gasteiger partial charge < -0.3 is 26.2 Å². The smallest absolute Gasteiger partial charge is 0.475 e. The van der Waals surface area contributed by atoms with Crippen LogP contribution in [0.1, 0.15) is 35.2 Å². The molecule has 1 aromatic heterocycles. The van der Waals surface area contributed by atoms with Crippen molar-refractivity contribution in [2.75, 3.05) is 6.54 Å². The van der Waals surface area contributed by atoms with Crippen molar-refractivity contribution in [1.82, 2.24) is 15.2 Å². The van der Waals surface area contributed by atoms with Crippen LogP contribution in [0.4, 0.5) is 13.2 Å². The molecule has 3 aromatic rings. The Morgan fingerprint density at radius 3 is 2.46 bits per heavy atom. The molecule has 1 saturated heterocycles. The number of carbonyl (C=O) groups excluding carboxylic acids is 2. The molecule has 2 amide bonds. The summed E-state index contributed by atoms with van der Waals surface area (Å²) in [5, 5.41) is 22.4. The normalized spacial score (nSPS) is 19.1. The van der Waals surface area contributed by atoms with E-state index in [9.17, 15) is 27.9 Å². The van der Waals surface area contributed by atoms with Crippen LogP contribution in [0.25, 0.3) is 11.1 Å². The quantitative estimate of drug-likeness (QED) is 0.356. The summed E-state index contributed by atoms with van der Waals surface area (Å²) >= 11 is 6.11. The Morgan fingerprint density at radius 1 is 1.10 bits per heavy atom. The molecule has 9 nitrogen and oxygen atoms in total. The van der Waals surface area contributed by atoms with Crippen molar-refractivity contribution in [2.24, 2.45) is 5.73 Å². The van der Waals surface area contributed by atoms with Gasteiger partial charge in [-0.2, -0.15) is 13.2 Å². The van der Waals surface area contributed by atoms with Gasteiger partial charge >= 0.3 is 12.1 Å². The number of nitrogens with one attached hydrogen (secondary N) is 1. The number of nitrogens with zero attached hydrogens (tertiary/aromatic N) is 2. The highest BCUT2D eigenvalue weighted by Gasteiger charge is 2.53. The minimum atomic E-state index is -5.08. The Morgan fingerprint density at radius 2 is 1.78 bits per heavy atom. The summed E-state index contributed by atoms with van der Waals surface area (Å²) in [7, 11) is 0. The first-order valence-electron chi connectivity index (χ1n) is 12.5. The van der Waals surface area contributed by atoms with Crippen molar-refractivity contribution in [3.8, 4) is 11.1 Å². The van der Waals surface area contributed by atoms with E-state index in [2.05, 4.69) is 10.3 Å². The molecule has 216 valence electrons. The maximum Gasteiger partial charge on any atom is 0.490 e. The van der Waals surface area contributed by atoms with Gasteiger partial charge in [-0.05, 0) is 47.7 Å². The molecule has 0 radical (unpaired) electrons. The zero-order valence-corrected chi connectivity index (χ0v) is 22.2. The summed E-state index contributed by atoms with van der Waals surface area (Å²) in [6.07, 6.45) is -2.33. The second-order valence-electron chi connectivity index (χ2n) is 9.45. The van der Waals surface area contributed by atoms with Crippen LogP contribution >= 0.6 is 11.6 Å². The summed E-state index contributed by atoms with van der Waals surface area (Å²) in [5.74, 6) is -3.56. The van der Waals surface area contributed by atoms with Gasteiger partial charge in [-0.25, -0.2) is 4.79 Å².